The summed E-state index contributed by atoms with van der Waals surface area (Å²) in [6, 6.07) is 17.1. The normalized spacial score (nSPS) is 11.4. The van der Waals surface area contributed by atoms with Crippen molar-refractivity contribution in [3.05, 3.63) is 58.6 Å². The van der Waals surface area contributed by atoms with Crippen LogP contribution in [-0.4, -0.2) is 4.98 Å². The summed E-state index contributed by atoms with van der Waals surface area (Å²) in [6.07, 6.45) is 0. The molecule has 2 heteroatoms. The third-order valence-electron chi connectivity index (χ3n) is 3.45. The van der Waals surface area contributed by atoms with Gasteiger partial charge < -0.3 is 4.98 Å². The molecule has 0 saturated heterocycles. The summed E-state index contributed by atoms with van der Waals surface area (Å²) in [7, 11) is 0. The summed E-state index contributed by atoms with van der Waals surface area (Å²) < 4.78 is 1.14. The van der Waals surface area contributed by atoms with E-state index >= 15 is 0 Å². The third kappa shape index (κ3) is 2.33. The Kier molecular flexibility index (Phi) is 3.19. The molecule has 0 bridgehead atoms. The van der Waals surface area contributed by atoms with Crippen molar-refractivity contribution < 1.29 is 0 Å². The molecular formula is C17H16BrN. The lowest BCUT2D eigenvalue weighted by Gasteiger charge is -2.06. The number of aromatic nitrogens is 1. The largest absolute Gasteiger partial charge is 0.354 e. The zero-order valence-corrected chi connectivity index (χ0v) is 12.7. The van der Waals surface area contributed by atoms with E-state index in [9.17, 15) is 0 Å². The van der Waals surface area contributed by atoms with Crippen LogP contribution in [0, 0.1) is 0 Å². The SMILES string of the molecule is CC(C)c1cc(Br)c2[nH]c(-c3ccccc3)cc2c1. The standard InChI is InChI=1S/C17H16BrN/c1-11(2)13-8-14-10-16(12-6-4-3-5-7-12)19-17(14)15(18)9-13/h3-11,19H,1-2H3. The molecule has 0 saturated carbocycles. The fourth-order valence-corrected chi connectivity index (χ4v) is 2.92. The van der Waals surface area contributed by atoms with Crippen LogP contribution in [0.2, 0.25) is 0 Å². The molecule has 2 aromatic carbocycles. The van der Waals surface area contributed by atoms with Gasteiger partial charge in [-0.15, -0.1) is 0 Å². The predicted octanol–water partition coefficient (Wildman–Crippen LogP) is 5.72. The number of halogens is 1. The van der Waals surface area contributed by atoms with E-state index in [1.165, 1.54) is 22.0 Å². The van der Waals surface area contributed by atoms with Gasteiger partial charge >= 0.3 is 0 Å². The summed E-state index contributed by atoms with van der Waals surface area (Å²) in [6.45, 7) is 4.44. The Morgan fingerprint density at radius 3 is 2.42 bits per heavy atom. The second-order valence-electron chi connectivity index (χ2n) is 5.17. The highest BCUT2D eigenvalue weighted by molar-refractivity contribution is 9.10. The van der Waals surface area contributed by atoms with Gasteiger partial charge in [0, 0.05) is 15.6 Å². The van der Waals surface area contributed by atoms with Crippen molar-refractivity contribution >= 4 is 26.8 Å². The fraction of sp³-hybridized carbons (Fsp3) is 0.176. The van der Waals surface area contributed by atoms with Crippen LogP contribution in [0.4, 0.5) is 0 Å². The van der Waals surface area contributed by atoms with Gasteiger partial charge in [0.2, 0.25) is 0 Å². The lowest BCUT2D eigenvalue weighted by Crippen LogP contribution is -1.86. The van der Waals surface area contributed by atoms with Gasteiger partial charge in [0.05, 0.1) is 5.52 Å². The van der Waals surface area contributed by atoms with Crippen LogP contribution in [0.3, 0.4) is 0 Å². The van der Waals surface area contributed by atoms with E-state index < -0.39 is 0 Å². The topological polar surface area (TPSA) is 15.8 Å². The first-order valence-corrected chi connectivity index (χ1v) is 7.32. The maximum absolute atomic E-state index is 3.67. The van der Waals surface area contributed by atoms with Gasteiger partial charge in [0.1, 0.15) is 0 Å². The number of hydrogen-bond acceptors (Lipinski definition) is 0. The Hall–Kier alpha value is -1.54. The number of aromatic amines is 1. The molecule has 0 fully saturated rings. The average molecular weight is 314 g/mol. The molecule has 0 spiro atoms. The lowest BCUT2D eigenvalue weighted by atomic mass is 10.0. The Bertz CT molecular complexity index is 711. The Balaban J connectivity index is 2.18. The number of rotatable bonds is 2. The molecule has 0 aliphatic heterocycles. The number of nitrogens with one attached hydrogen (secondary N) is 1. The molecule has 3 aromatic rings. The van der Waals surface area contributed by atoms with Gasteiger partial charge in [0.25, 0.3) is 0 Å². The maximum Gasteiger partial charge on any atom is 0.0603 e. The van der Waals surface area contributed by atoms with Gasteiger partial charge in [-0.05, 0) is 51.2 Å². The predicted molar refractivity (Wildman–Crippen MR) is 85.5 cm³/mol. The highest BCUT2D eigenvalue weighted by Crippen LogP contribution is 2.32. The van der Waals surface area contributed by atoms with E-state index in [0.717, 1.165) is 10.2 Å². The summed E-state index contributed by atoms with van der Waals surface area (Å²) in [5.74, 6) is 0.538. The zero-order valence-electron chi connectivity index (χ0n) is 11.1. The average Bonchev–Trinajstić information content (AvgIpc) is 2.84. The minimum Gasteiger partial charge on any atom is -0.354 e. The molecule has 1 heterocycles. The second kappa shape index (κ2) is 4.86. The Morgan fingerprint density at radius 1 is 1.00 bits per heavy atom. The summed E-state index contributed by atoms with van der Waals surface area (Å²) in [5, 5.41) is 1.26. The number of fused-ring (bicyclic) bond motifs is 1. The molecule has 0 aliphatic rings. The molecule has 0 atom stereocenters. The van der Waals surface area contributed by atoms with E-state index in [1.807, 2.05) is 6.07 Å². The minimum absolute atomic E-state index is 0.538. The second-order valence-corrected chi connectivity index (χ2v) is 6.03. The molecular weight excluding hydrogens is 298 g/mol. The quantitative estimate of drug-likeness (QED) is 0.622. The van der Waals surface area contributed by atoms with E-state index in [1.54, 1.807) is 0 Å². The van der Waals surface area contributed by atoms with Gasteiger partial charge in [-0.1, -0.05) is 44.2 Å². The fourth-order valence-electron chi connectivity index (χ4n) is 2.33. The molecule has 19 heavy (non-hydrogen) atoms. The molecule has 0 amide bonds. The van der Waals surface area contributed by atoms with Crippen molar-refractivity contribution in [2.24, 2.45) is 0 Å². The smallest absolute Gasteiger partial charge is 0.0603 e. The third-order valence-corrected chi connectivity index (χ3v) is 4.08. The van der Waals surface area contributed by atoms with Crippen molar-refractivity contribution in [1.82, 2.24) is 4.98 Å². The molecule has 1 nitrogen and oxygen atoms in total. The molecule has 96 valence electrons. The van der Waals surface area contributed by atoms with Gasteiger partial charge in [-0.2, -0.15) is 0 Å². The Morgan fingerprint density at radius 2 is 1.74 bits per heavy atom. The molecule has 3 rings (SSSR count). The van der Waals surface area contributed by atoms with Crippen LogP contribution in [0.5, 0.6) is 0 Å². The molecule has 1 N–H and O–H groups in total. The van der Waals surface area contributed by atoms with Gasteiger partial charge in [-0.3, -0.25) is 0 Å². The number of H-pyrrole nitrogens is 1. The van der Waals surface area contributed by atoms with E-state index in [-0.39, 0.29) is 0 Å². The van der Waals surface area contributed by atoms with Crippen LogP contribution in [0.1, 0.15) is 25.3 Å². The van der Waals surface area contributed by atoms with Crippen LogP contribution in [0.15, 0.2) is 53.0 Å². The maximum atomic E-state index is 3.67. The van der Waals surface area contributed by atoms with E-state index in [0.29, 0.717) is 5.92 Å². The van der Waals surface area contributed by atoms with E-state index in [4.69, 9.17) is 0 Å². The highest BCUT2D eigenvalue weighted by atomic mass is 79.9. The van der Waals surface area contributed by atoms with Gasteiger partial charge in [0.15, 0.2) is 0 Å². The summed E-state index contributed by atoms with van der Waals surface area (Å²) >= 11 is 3.67. The monoisotopic (exact) mass is 313 g/mol. The first-order chi connectivity index (χ1) is 9.15. The molecule has 0 aliphatic carbocycles. The van der Waals surface area contributed by atoms with Crippen molar-refractivity contribution in [1.29, 1.82) is 0 Å². The van der Waals surface area contributed by atoms with Crippen molar-refractivity contribution in [2.75, 3.05) is 0 Å². The zero-order chi connectivity index (χ0) is 13.4. The first-order valence-electron chi connectivity index (χ1n) is 6.53. The molecule has 0 unspecified atom stereocenters. The first kappa shape index (κ1) is 12.5. The van der Waals surface area contributed by atoms with Crippen LogP contribution in [-0.2, 0) is 0 Å². The molecule has 1 aromatic heterocycles. The van der Waals surface area contributed by atoms with Crippen LogP contribution >= 0.6 is 15.9 Å². The van der Waals surface area contributed by atoms with Crippen LogP contribution in [0.25, 0.3) is 22.2 Å². The number of benzene rings is 2. The minimum atomic E-state index is 0.538. The van der Waals surface area contributed by atoms with Crippen LogP contribution < -0.4 is 0 Å². The Labute approximate surface area is 121 Å². The van der Waals surface area contributed by atoms with Crippen molar-refractivity contribution in [3.63, 3.8) is 0 Å². The number of hydrogen-bond donors (Lipinski definition) is 1. The molecule has 0 radical (unpaired) electrons. The van der Waals surface area contributed by atoms with Crippen molar-refractivity contribution in [2.45, 2.75) is 19.8 Å². The lowest BCUT2D eigenvalue weighted by molar-refractivity contribution is 0.868. The van der Waals surface area contributed by atoms with E-state index in [2.05, 4.69) is 77.2 Å². The summed E-state index contributed by atoms with van der Waals surface area (Å²) in [4.78, 5) is 3.50. The summed E-state index contributed by atoms with van der Waals surface area (Å²) in [5.41, 5.74) is 4.91. The van der Waals surface area contributed by atoms with Crippen molar-refractivity contribution in [3.8, 4) is 11.3 Å². The van der Waals surface area contributed by atoms with Gasteiger partial charge in [-0.25, -0.2) is 0 Å². The highest BCUT2D eigenvalue weighted by Gasteiger charge is 2.09.